The fourth-order valence-electron chi connectivity index (χ4n) is 8.26. The maximum Gasteiger partial charge on any atom is 0.257 e. The van der Waals surface area contributed by atoms with E-state index >= 15 is 0 Å². The van der Waals surface area contributed by atoms with Crippen LogP contribution in [-0.4, -0.2) is 135 Å². The molecule has 2 atom stereocenters. The van der Waals surface area contributed by atoms with E-state index in [4.69, 9.17) is 48.1 Å². The summed E-state index contributed by atoms with van der Waals surface area (Å²) in [5, 5.41) is 2.92. The Morgan fingerprint density at radius 3 is 1.75 bits per heavy atom. The number of nitrogens with one attached hydrogen (secondary N) is 1. The van der Waals surface area contributed by atoms with Crippen LogP contribution in [-0.2, 0) is 27.5 Å². The normalized spacial score (nSPS) is 18.5. The van der Waals surface area contributed by atoms with E-state index < -0.39 is 0 Å². The van der Waals surface area contributed by atoms with E-state index in [0.29, 0.717) is 115 Å². The van der Waals surface area contributed by atoms with Gasteiger partial charge < -0.3 is 48.3 Å². The third kappa shape index (κ3) is 12.7. The topological polar surface area (TPSA) is 172 Å². The van der Waals surface area contributed by atoms with Crippen molar-refractivity contribution in [1.82, 2.24) is 20.1 Å². The number of methoxy groups -OCH3 is 2. The van der Waals surface area contributed by atoms with Crippen LogP contribution in [0.4, 0.5) is 11.4 Å². The predicted molar refractivity (Wildman–Crippen MR) is 266 cm³/mol. The number of amides is 3. The van der Waals surface area contributed by atoms with Gasteiger partial charge in [0.25, 0.3) is 11.8 Å². The molecule has 18 heteroatoms. The average molecular weight is 971 g/mol. The quantitative estimate of drug-likeness (QED) is 0.0550. The molecular weight excluding hydrogens is 909 g/mol. The SMILES string of the molecule is C/C=C1/C[C@H]2C=Nc3cc(OCc4cc(OCCOCCOCCNC(=O)CCC(C)(C)SSC)cc(COc5cc6c(cc5OC)C(=O)N5C/C(=C/C)C[C@H]5C=N6)n4)c(OC)cc3C(=O)N2C1. The van der Waals surface area contributed by atoms with Gasteiger partial charge >= 0.3 is 0 Å². The van der Waals surface area contributed by atoms with E-state index in [-0.39, 0.29) is 54.4 Å². The van der Waals surface area contributed by atoms with Gasteiger partial charge in [-0.15, -0.1) is 0 Å². The molecule has 2 aromatic carbocycles. The molecule has 16 nitrogen and oxygen atoms in total. The number of rotatable bonds is 23. The number of allylic oxidation sites excluding steroid dienone is 2. The first-order chi connectivity index (χ1) is 32.9. The molecule has 364 valence electrons. The zero-order valence-corrected chi connectivity index (χ0v) is 41.6. The standard InChI is InChI=1S/C50H62N6O10S2/c1-8-32-18-36-26-52-41-24-45(43(60-5)22-39(41)48(58)55(36)28-32)65-30-34-20-38(64-17-16-63-15-14-62-13-12-51-47(57)10-11-50(3,4)68-67-7)21-35(54-34)31-66-46-25-42-40(23-44(46)61-6)49(59)56-29-33(9-2)19-37(56)27-53-42/h8-9,20-27,36-37H,10-19,28-31H2,1-7H3,(H,51,57)/b32-8-,33-9+/t36-,37-/m0/s1. The maximum absolute atomic E-state index is 13.7. The van der Waals surface area contributed by atoms with Crippen LogP contribution in [0.25, 0.3) is 0 Å². The zero-order valence-electron chi connectivity index (χ0n) is 40.0. The number of fused-ring (bicyclic) bond motifs is 4. The number of hydrogen-bond donors (Lipinski definition) is 1. The van der Waals surface area contributed by atoms with Gasteiger partial charge in [0.1, 0.15) is 25.6 Å². The Hall–Kier alpha value is -5.56. The summed E-state index contributed by atoms with van der Waals surface area (Å²) in [5.41, 5.74) is 5.35. The van der Waals surface area contributed by atoms with Gasteiger partial charge in [-0.25, -0.2) is 0 Å². The summed E-state index contributed by atoms with van der Waals surface area (Å²) in [6.07, 6.45) is 12.6. The lowest BCUT2D eigenvalue weighted by Crippen LogP contribution is -2.35. The minimum absolute atomic E-state index is 0.0192. The Morgan fingerprint density at radius 1 is 0.735 bits per heavy atom. The highest BCUT2D eigenvalue weighted by atomic mass is 33.1. The maximum atomic E-state index is 13.7. The third-order valence-corrected chi connectivity index (χ3v) is 14.7. The van der Waals surface area contributed by atoms with Crippen LogP contribution in [0.5, 0.6) is 28.7 Å². The highest BCUT2D eigenvalue weighted by Gasteiger charge is 2.36. The van der Waals surface area contributed by atoms with Crippen molar-refractivity contribution in [3.05, 3.63) is 82.2 Å². The second-order valence-corrected chi connectivity index (χ2v) is 20.3. The molecule has 0 unspecified atom stereocenters. The van der Waals surface area contributed by atoms with Crippen LogP contribution in [0.15, 0.2) is 69.7 Å². The highest BCUT2D eigenvalue weighted by molar-refractivity contribution is 8.76. The number of aliphatic imine (C=N–C) groups is 2. The van der Waals surface area contributed by atoms with Crippen LogP contribution in [0, 0.1) is 0 Å². The summed E-state index contributed by atoms with van der Waals surface area (Å²) in [6, 6.07) is 10.1. The second kappa shape index (κ2) is 23.6. The van der Waals surface area contributed by atoms with Crippen molar-refractivity contribution in [3.63, 3.8) is 0 Å². The number of ether oxygens (including phenoxy) is 7. The van der Waals surface area contributed by atoms with Gasteiger partial charge in [-0.05, 0) is 65.3 Å². The number of benzene rings is 2. The van der Waals surface area contributed by atoms with E-state index in [1.165, 1.54) is 25.4 Å². The molecule has 0 radical (unpaired) electrons. The van der Waals surface area contributed by atoms with Crippen LogP contribution >= 0.6 is 21.6 Å². The largest absolute Gasteiger partial charge is 0.493 e. The molecule has 1 aromatic heterocycles. The van der Waals surface area contributed by atoms with Crippen LogP contribution in [0.2, 0.25) is 0 Å². The lowest BCUT2D eigenvalue weighted by Gasteiger charge is -2.21. The lowest BCUT2D eigenvalue weighted by molar-refractivity contribution is -0.121. The molecule has 2 fully saturated rings. The van der Waals surface area contributed by atoms with E-state index in [0.717, 1.165) is 19.3 Å². The van der Waals surface area contributed by atoms with Crippen molar-refractivity contribution in [2.75, 3.05) is 73.1 Å². The molecule has 3 amide bonds. The molecule has 0 bridgehead atoms. The number of carbonyl (C=O) groups is 3. The van der Waals surface area contributed by atoms with Crippen LogP contribution < -0.4 is 29.0 Å². The molecule has 0 aliphatic carbocycles. The van der Waals surface area contributed by atoms with Crippen LogP contribution in [0.3, 0.4) is 0 Å². The first-order valence-electron chi connectivity index (χ1n) is 22.9. The average Bonchev–Trinajstić information content (AvgIpc) is 3.91. The number of nitrogens with zero attached hydrogens (tertiary/aromatic N) is 5. The molecule has 0 saturated carbocycles. The van der Waals surface area contributed by atoms with Gasteiger partial charge in [0, 0.05) is 67.5 Å². The first-order valence-corrected chi connectivity index (χ1v) is 25.4. The lowest BCUT2D eigenvalue weighted by atomic mass is 10.1. The van der Waals surface area contributed by atoms with Crippen LogP contribution in [0.1, 0.15) is 85.5 Å². The van der Waals surface area contributed by atoms with Gasteiger partial charge in [0.2, 0.25) is 5.91 Å². The fraction of sp³-hybridized carbons (Fsp3) is 0.480. The Balaban J connectivity index is 0.996. The van der Waals surface area contributed by atoms with Crippen molar-refractivity contribution in [2.45, 2.75) is 83.4 Å². The Bertz CT molecular complexity index is 2310. The molecule has 4 aliphatic heterocycles. The molecular formula is C50H62N6O10S2. The molecule has 7 rings (SSSR count). The van der Waals surface area contributed by atoms with E-state index in [2.05, 4.69) is 31.3 Å². The summed E-state index contributed by atoms with van der Waals surface area (Å²) < 4.78 is 41.8. The summed E-state index contributed by atoms with van der Waals surface area (Å²) in [6.45, 7) is 11.5. The van der Waals surface area contributed by atoms with Crippen molar-refractivity contribution in [3.8, 4) is 28.7 Å². The van der Waals surface area contributed by atoms with Gasteiger partial charge in [0.15, 0.2) is 23.0 Å². The first kappa shape index (κ1) is 50.3. The van der Waals surface area contributed by atoms with Gasteiger partial charge in [-0.3, -0.25) is 29.4 Å². The summed E-state index contributed by atoms with van der Waals surface area (Å²) in [5.74, 6) is 1.88. The Morgan fingerprint density at radius 2 is 1.25 bits per heavy atom. The summed E-state index contributed by atoms with van der Waals surface area (Å²) in [4.78, 5) is 57.6. The molecule has 68 heavy (non-hydrogen) atoms. The van der Waals surface area contributed by atoms with E-state index in [1.807, 2.05) is 42.3 Å². The second-order valence-electron chi connectivity index (χ2n) is 17.2. The van der Waals surface area contributed by atoms with Gasteiger partial charge in [0.05, 0.1) is 86.6 Å². The van der Waals surface area contributed by atoms with Crippen molar-refractivity contribution < 1.29 is 47.5 Å². The molecule has 0 spiro atoms. The summed E-state index contributed by atoms with van der Waals surface area (Å²) >= 11 is 0. The highest BCUT2D eigenvalue weighted by Crippen LogP contribution is 2.41. The number of carbonyl (C=O) groups excluding carboxylic acids is 3. The van der Waals surface area contributed by atoms with Gasteiger partial charge in [-0.2, -0.15) is 0 Å². The van der Waals surface area contributed by atoms with Gasteiger partial charge in [-0.1, -0.05) is 44.9 Å². The summed E-state index contributed by atoms with van der Waals surface area (Å²) in [7, 11) is 6.55. The van der Waals surface area contributed by atoms with Crippen molar-refractivity contribution in [1.29, 1.82) is 0 Å². The zero-order chi connectivity index (χ0) is 48.2. The third-order valence-electron chi connectivity index (χ3n) is 12.0. The molecule has 2 saturated heterocycles. The smallest absolute Gasteiger partial charge is 0.257 e. The Labute approximate surface area is 406 Å². The molecule has 4 aliphatic rings. The number of pyridine rings is 1. The van der Waals surface area contributed by atoms with Crippen molar-refractivity contribution >= 4 is 63.1 Å². The molecule has 5 heterocycles. The molecule has 3 aromatic rings. The minimum atomic E-state index is -0.115. The monoisotopic (exact) mass is 970 g/mol. The fourth-order valence-corrected chi connectivity index (χ4v) is 10.5. The number of hydrogen-bond acceptors (Lipinski definition) is 15. The van der Waals surface area contributed by atoms with Crippen molar-refractivity contribution in [2.24, 2.45) is 9.98 Å². The van der Waals surface area contributed by atoms with E-state index in [1.54, 1.807) is 58.0 Å². The Kier molecular flexibility index (Phi) is 17.5. The number of aromatic nitrogens is 1. The predicted octanol–water partition coefficient (Wildman–Crippen LogP) is 8.11. The minimum Gasteiger partial charge on any atom is -0.493 e. The van der Waals surface area contributed by atoms with E-state index in [9.17, 15) is 14.4 Å². The molecule has 1 N–H and O–H groups in total.